The van der Waals surface area contributed by atoms with E-state index in [0.717, 1.165) is 0 Å². The van der Waals surface area contributed by atoms with Gasteiger partial charge >= 0.3 is 0 Å². The summed E-state index contributed by atoms with van der Waals surface area (Å²) in [5.41, 5.74) is 0.641. The van der Waals surface area contributed by atoms with Crippen molar-refractivity contribution in [3.05, 3.63) is 12.0 Å². The second-order valence-electron chi connectivity index (χ2n) is 4.44. The van der Waals surface area contributed by atoms with Gasteiger partial charge in [0.25, 0.3) is 10.0 Å². The summed E-state index contributed by atoms with van der Waals surface area (Å²) in [5.74, 6) is 0.485. The number of hydrogen-bond acceptors (Lipinski definition) is 5. The number of sulfonamides is 1. The maximum atomic E-state index is 12.3. The summed E-state index contributed by atoms with van der Waals surface area (Å²) < 4.78 is 26.0. The zero-order valence-electron chi connectivity index (χ0n) is 10.3. The molecule has 0 aliphatic carbocycles. The number of hydrogen-bond donors (Lipinski definition) is 2. The highest BCUT2D eigenvalue weighted by Gasteiger charge is 2.32. The van der Waals surface area contributed by atoms with Crippen molar-refractivity contribution in [2.45, 2.75) is 25.3 Å². The Balaban J connectivity index is 2.23. The Bertz CT molecular complexity index is 563. The summed E-state index contributed by atoms with van der Waals surface area (Å²) in [7, 11) is -3.53. The maximum Gasteiger partial charge on any atom is 0.260 e. The van der Waals surface area contributed by atoms with Gasteiger partial charge in [0.1, 0.15) is 5.82 Å². The number of piperidine rings is 1. The molecular weight excluding hydrogens is 256 g/mol. The fourth-order valence-electron chi connectivity index (χ4n) is 2.02. The van der Waals surface area contributed by atoms with E-state index >= 15 is 0 Å². The third kappa shape index (κ3) is 2.25. The molecule has 7 nitrogen and oxygen atoms in total. The van der Waals surface area contributed by atoms with E-state index in [2.05, 4.69) is 15.1 Å². The number of aryl methyl sites for hydroxylation is 1. The lowest BCUT2D eigenvalue weighted by Gasteiger charge is -2.29. The molecule has 18 heavy (non-hydrogen) atoms. The zero-order chi connectivity index (χ0) is 13.3. The summed E-state index contributed by atoms with van der Waals surface area (Å²) in [5, 5.41) is 12.1. The van der Waals surface area contributed by atoms with Crippen molar-refractivity contribution in [3.8, 4) is 0 Å². The average Bonchev–Trinajstić information content (AvgIpc) is 2.76. The molecule has 0 spiro atoms. The largest absolute Gasteiger partial charge is 0.411 e. The second-order valence-corrected chi connectivity index (χ2v) is 6.34. The van der Waals surface area contributed by atoms with Gasteiger partial charge < -0.3 is 10.2 Å². The Hall–Kier alpha value is -1.41. The van der Waals surface area contributed by atoms with Gasteiger partial charge in [-0.05, 0) is 6.92 Å². The van der Waals surface area contributed by atoms with Crippen molar-refractivity contribution in [1.29, 1.82) is 0 Å². The van der Waals surface area contributed by atoms with Crippen LogP contribution in [0.15, 0.2) is 16.4 Å². The Labute approximate surface area is 106 Å². The molecule has 2 rings (SSSR count). The zero-order valence-corrected chi connectivity index (χ0v) is 11.1. The van der Waals surface area contributed by atoms with Gasteiger partial charge in [-0.2, -0.15) is 4.31 Å². The van der Waals surface area contributed by atoms with Gasteiger partial charge in [-0.15, -0.1) is 0 Å². The smallest absolute Gasteiger partial charge is 0.260 e. The minimum Gasteiger partial charge on any atom is -0.411 e. The normalized spacial score (nSPS) is 24.6. The van der Waals surface area contributed by atoms with E-state index < -0.39 is 10.0 Å². The summed E-state index contributed by atoms with van der Waals surface area (Å²) in [4.78, 5) is 6.64. The predicted molar refractivity (Wildman–Crippen MR) is 65.1 cm³/mol. The Morgan fingerprint density at radius 3 is 2.83 bits per heavy atom. The van der Waals surface area contributed by atoms with Crippen LogP contribution in [0, 0.1) is 12.8 Å². The molecule has 1 aliphatic rings. The van der Waals surface area contributed by atoms with Crippen LogP contribution in [0.25, 0.3) is 0 Å². The molecule has 100 valence electrons. The number of H-pyrrole nitrogens is 1. The molecule has 2 N–H and O–H groups in total. The molecule has 0 radical (unpaired) electrons. The predicted octanol–water partition coefficient (Wildman–Crippen LogP) is 0.579. The van der Waals surface area contributed by atoms with Crippen LogP contribution in [-0.2, 0) is 10.0 Å². The minimum absolute atomic E-state index is 0.0810. The fourth-order valence-corrected chi connectivity index (χ4v) is 3.52. The molecule has 1 fully saturated rings. The molecule has 0 amide bonds. The highest BCUT2D eigenvalue weighted by Crippen LogP contribution is 2.21. The van der Waals surface area contributed by atoms with E-state index in [1.165, 1.54) is 10.5 Å². The first kappa shape index (κ1) is 13.0. The van der Waals surface area contributed by atoms with Crippen LogP contribution >= 0.6 is 0 Å². The topological polar surface area (TPSA) is 98.7 Å². The van der Waals surface area contributed by atoms with Crippen molar-refractivity contribution in [3.63, 3.8) is 0 Å². The molecule has 0 saturated carbocycles. The molecule has 0 aromatic carbocycles. The monoisotopic (exact) mass is 272 g/mol. The Morgan fingerprint density at radius 1 is 1.61 bits per heavy atom. The lowest BCUT2D eigenvalue weighted by molar-refractivity contribution is 0.300. The third-order valence-electron chi connectivity index (χ3n) is 3.09. The van der Waals surface area contributed by atoms with E-state index in [0.29, 0.717) is 31.0 Å². The molecule has 8 heteroatoms. The third-order valence-corrected chi connectivity index (χ3v) is 4.86. The number of nitrogens with zero attached hydrogens (tertiary/aromatic N) is 3. The van der Waals surface area contributed by atoms with Crippen molar-refractivity contribution >= 4 is 15.7 Å². The quantitative estimate of drug-likeness (QED) is 0.607. The first-order chi connectivity index (χ1) is 8.45. The van der Waals surface area contributed by atoms with E-state index in [1.54, 1.807) is 6.92 Å². The van der Waals surface area contributed by atoms with Crippen molar-refractivity contribution in [1.82, 2.24) is 14.3 Å². The van der Waals surface area contributed by atoms with Gasteiger partial charge in [0.2, 0.25) is 0 Å². The molecule has 1 atom stereocenters. The summed E-state index contributed by atoms with van der Waals surface area (Å²) in [6, 6.07) is 0. The van der Waals surface area contributed by atoms with Gasteiger partial charge in [0, 0.05) is 25.4 Å². The van der Waals surface area contributed by atoms with Gasteiger partial charge in [-0.3, -0.25) is 0 Å². The highest BCUT2D eigenvalue weighted by molar-refractivity contribution is 7.89. The summed E-state index contributed by atoms with van der Waals surface area (Å²) in [6.45, 7) is 4.19. The van der Waals surface area contributed by atoms with Crippen LogP contribution in [0.4, 0.5) is 0 Å². The molecule has 2 heterocycles. The van der Waals surface area contributed by atoms with Gasteiger partial charge in [-0.25, -0.2) is 13.4 Å². The van der Waals surface area contributed by atoms with E-state index in [-0.39, 0.29) is 10.9 Å². The summed E-state index contributed by atoms with van der Waals surface area (Å²) in [6.07, 6.45) is 1.77. The molecule has 1 saturated heterocycles. The van der Waals surface area contributed by atoms with E-state index in [9.17, 15) is 8.42 Å². The van der Waals surface area contributed by atoms with Crippen LogP contribution in [0.2, 0.25) is 0 Å². The molecular formula is C10H16N4O3S. The van der Waals surface area contributed by atoms with Crippen molar-refractivity contribution in [2.24, 2.45) is 11.1 Å². The minimum atomic E-state index is -3.53. The average molecular weight is 272 g/mol. The molecule has 1 aromatic rings. The Kier molecular flexibility index (Phi) is 3.40. The number of imidazole rings is 1. The summed E-state index contributed by atoms with van der Waals surface area (Å²) >= 11 is 0. The highest BCUT2D eigenvalue weighted by atomic mass is 32.2. The molecule has 1 unspecified atom stereocenters. The number of aromatic amines is 1. The number of oxime groups is 1. The lowest BCUT2D eigenvalue weighted by Crippen LogP contribution is -2.43. The fraction of sp³-hybridized carbons (Fsp3) is 0.600. The van der Waals surface area contributed by atoms with Crippen molar-refractivity contribution in [2.75, 3.05) is 13.1 Å². The number of nitrogens with one attached hydrogen (secondary N) is 1. The Morgan fingerprint density at radius 2 is 2.33 bits per heavy atom. The molecule has 1 aliphatic heterocycles. The van der Waals surface area contributed by atoms with Gasteiger partial charge in [-0.1, -0.05) is 12.1 Å². The first-order valence-corrected chi connectivity index (χ1v) is 7.11. The SMILES string of the molecule is Cc1ncc(S(=O)(=O)N2CCC(=NO)C(C)C2)[nH]1. The van der Waals surface area contributed by atoms with Crippen LogP contribution in [0.5, 0.6) is 0 Å². The molecule has 1 aromatic heterocycles. The first-order valence-electron chi connectivity index (χ1n) is 5.67. The van der Waals surface area contributed by atoms with Gasteiger partial charge in [0.05, 0.1) is 11.9 Å². The number of rotatable bonds is 2. The van der Waals surface area contributed by atoms with Crippen LogP contribution in [0.3, 0.4) is 0 Å². The van der Waals surface area contributed by atoms with E-state index in [4.69, 9.17) is 5.21 Å². The van der Waals surface area contributed by atoms with E-state index in [1.807, 2.05) is 6.92 Å². The van der Waals surface area contributed by atoms with Crippen LogP contribution < -0.4 is 0 Å². The second kappa shape index (κ2) is 4.69. The number of aromatic nitrogens is 2. The lowest BCUT2D eigenvalue weighted by atomic mass is 10.00. The molecule has 0 bridgehead atoms. The maximum absolute atomic E-state index is 12.3. The van der Waals surface area contributed by atoms with Crippen molar-refractivity contribution < 1.29 is 13.6 Å². The van der Waals surface area contributed by atoms with Gasteiger partial charge in [0.15, 0.2) is 5.03 Å². The standard InChI is InChI=1S/C10H16N4O3S/c1-7-6-14(4-3-9(7)13-15)18(16,17)10-5-11-8(2)12-10/h5,7,15H,3-4,6H2,1-2H3,(H,11,12). The van der Waals surface area contributed by atoms with Crippen LogP contribution in [-0.4, -0.2) is 46.7 Å². The van der Waals surface area contributed by atoms with Crippen LogP contribution in [0.1, 0.15) is 19.2 Å².